The van der Waals surface area contributed by atoms with Crippen LogP contribution in [0.15, 0.2) is 24.4 Å². The Labute approximate surface area is 136 Å². The van der Waals surface area contributed by atoms with Crippen LogP contribution in [0.1, 0.15) is 31.4 Å². The molecule has 23 heavy (non-hydrogen) atoms. The summed E-state index contributed by atoms with van der Waals surface area (Å²) in [6, 6.07) is 5.63. The van der Waals surface area contributed by atoms with Crippen molar-refractivity contribution in [1.82, 2.24) is 9.88 Å². The van der Waals surface area contributed by atoms with Crippen LogP contribution in [0.4, 0.5) is 0 Å². The lowest BCUT2D eigenvalue weighted by molar-refractivity contribution is -0.156. The Balaban J connectivity index is 1.96. The molecule has 1 saturated heterocycles. The van der Waals surface area contributed by atoms with E-state index >= 15 is 0 Å². The molecule has 1 atom stereocenters. The van der Waals surface area contributed by atoms with Gasteiger partial charge in [0, 0.05) is 45.1 Å². The Morgan fingerprint density at radius 1 is 1.43 bits per heavy atom. The number of hydrogen-bond acceptors (Lipinski definition) is 4. The van der Waals surface area contributed by atoms with E-state index < -0.39 is 11.4 Å². The molecule has 1 N–H and O–H groups in total. The summed E-state index contributed by atoms with van der Waals surface area (Å²) in [5.74, 6) is -0.838. The van der Waals surface area contributed by atoms with Crippen molar-refractivity contribution in [2.45, 2.75) is 32.1 Å². The van der Waals surface area contributed by atoms with E-state index in [1.807, 2.05) is 18.2 Å². The summed E-state index contributed by atoms with van der Waals surface area (Å²) >= 11 is 0. The van der Waals surface area contributed by atoms with E-state index in [4.69, 9.17) is 4.74 Å². The number of carboxylic acid groups (broad SMARTS) is 1. The zero-order valence-electron chi connectivity index (χ0n) is 13.5. The van der Waals surface area contributed by atoms with E-state index in [-0.39, 0.29) is 12.5 Å². The first kappa shape index (κ1) is 17.4. The molecular formula is C17H24N2O4. The molecule has 0 spiro atoms. The molecule has 0 unspecified atom stereocenters. The zero-order valence-corrected chi connectivity index (χ0v) is 13.5. The third kappa shape index (κ3) is 4.51. The summed E-state index contributed by atoms with van der Waals surface area (Å²) in [4.78, 5) is 30.1. The molecule has 2 heterocycles. The van der Waals surface area contributed by atoms with Crippen LogP contribution in [-0.4, -0.2) is 53.7 Å². The van der Waals surface area contributed by atoms with Crippen LogP contribution in [0.25, 0.3) is 0 Å². The number of pyridine rings is 1. The minimum absolute atomic E-state index is 0.00149. The highest BCUT2D eigenvalue weighted by Gasteiger charge is 2.43. The topological polar surface area (TPSA) is 79.7 Å². The van der Waals surface area contributed by atoms with Gasteiger partial charge >= 0.3 is 5.97 Å². The number of piperidine rings is 1. The lowest BCUT2D eigenvalue weighted by atomic mass is 9.77. The number of carbonyl (C=O) groups is 2. The van der Waals surface area contributed by atoms with Gasteiger partial charge in [0.1, 0.15) is 0 Å². The smallest absolute Gasteiger partial charge is 0.311 e. The van der Waals surface area contributed by atoms with Crippen LogP contribution in [0.3, 0.4) is 0 Å². The average Bonchev–Trinajstić information content (AvgIpc) is 2.59. The van der Waals surface area contributed by atoms with Crippen molar-refractivity contribution >= 4 is 11.9 Å². The lowest BCUT2D eigenvalue weighted by Gasteiger charge is -2.40. The van der Waals surface area contributed by atoms with Crippen molar-refractivity contribution in [3.63, 3.8) is 0 Å². The molecule has 0 saturated carbocycles. The summed E-state index contributed by atoms with van der Waals surface area (Å²) in [6.45, 7) is 1.29. The predicted octanol–water partition coefficient (Wildman–Crippen LogP) is 1.74. The van der Waals surface area contributed by atoms with E-state index in [0.29, 0.717) is 45.3 Å². The van der Waals surface area contributed by atoms with Crippen LogP contribution in [0.2, 0.25) is 0 Å². The summed E-state index contributed by atoms with van der Waals surface area (Å²) in [6.07, 6.45) is 4.39. The number of methoxy groups -OCH3 is 1. The normalized spacial score (nSPS) is 21.2. The first-order valence-electron chi connectivity index (χ1n) is 7.97. The Morgan fingerprint density at radius 3 is 2.91 bits per heavy atom. The molecule has 1 aliphatic heterocycles. The van der Waals surface area contributed by atoms with Crippen LogP contribution >= 0.6 is 0 Å². The molecule has 1 aliphatic rings. The molecule has 6 heteroatoms. The molecule has 1 aromatic rings. The van der Waals surface area contributed by atoms with Crippen molar-refractivity contribution in [2.24, 2.45) is 5.41 Å². The number of hydrogen-bond donors (Lipinski definition) is 1. The second-order valence-electron chi connectivity index (χ2n) is 6.07. The van der Waals surface area contributed by atoms with Gasteiger partial charge in [0.25, 0.3) is 0 Å². The fourth-order valence-electron chi connectivity index (χ4n) is 3.07. The fourth-order valence-corrected chi connectivity index (χ4v) is 3.07. The summed E-state index contributed by atoms with van der Waals surface area (Å²) in [7, 11) is 1.56. The van der Waals surface area contributed by atoms with Crippen molar-refractivity contribution in [1.29, 1.82) is 0 Å². The summed E-state index contributed by atoms with van der Waals surface area (Å²) < 4.78 is 5.05. The molecule has 126 valence electrons. The monoisotopic (exact) mass is 320 g/mol. The van der Waals surface area contributed by atoms with Crippen molar-refractivity contribution in [3.05, 3.63) is 30.1 Å². The van der Waals surface area contributed by atoms with Gasteiger partial charge in [-0.3, -0.25) is 14.6 Å². The van der Waals surface area contributed by atoms with Gasteiger partial charge in [0.2, 0.25) is 5.91 Å². The molecule has 1 aromatic heterocycles. The number of carbonyl (C=O) groups excluding carboxylic acids is 1. The highest BCUT2D eigenvalue weighted by Crippen LogP contribution is 2.34. The number of amides is 1. The van der Waals surface area contributed by atoms with Gasteiger partial charge in [-0.25, -0.2) is 0 Å². The Kier molecular flexibility index (Phi) is 6.10. The minimum Gasteiger partial charge on any atom is -0.481 e. The number of aliphatic carboxylic acids is 1. The highest BCUT2D eigenvalue weighted by molar-refractivity contribution is 5.79. The third-order valence-electron chi connectivity index (χ3n) is 4.49. The standard InChI is InChI=1S/C17H24N2O4/c1-23-12-9-17(16(21)22)8-4-11-19(13-17)15(20)7-6-14-5-2-3-10-18-14/h2-3,5,10H,4,6-9,11-13H2,1H3,(H,21,22)/t17-/m1/s1. The first-order valence-corrected chi connectivity index (χ1v) is 7.97. The summed E-state index contributed by atoms with van der Waals surface area (Å²) in [5.41, 5.74) is -0.00343. The summed E-state index contributed by atoms with van der Waals surface area (Å²) in [5, 5.41) is 9.62. The van der Waals surface area contributed by atoms with Crippen LogP contribution in [-0.2, 0) is 20.7 Å². The van der Waals surface area contributed by atoms with Crippen molar-refractivity contribution < 1.29 is 19.4 Å². The molecule has 0 aliphatic carbocycles. The molecule has 2 rings (SSSR count). The second-order valence-corrected chi connectivity index (χ2v) is 6.07. The van der Waals surface area contributed by atoms with Gasteiger partial charge in [-0.1, -0.05) is 6.07 Å². The highest BCUT2D eigenvalue weighted by atomic mass is 16.5. The van der Waals surface area contributed by atoms with E-state index in [1.54, 1.807) is 18.2 Å². The maximum Gasteiger partial charge on any atom is 0.311 e. The molecule has 1 amide bonds. The SMILES string of the molecule is COCC[C@]1(C(=O)O)CCCN(C(=O)CCc2ccccn2)C1. The van der Waals surface area contributed by atoms with E-state index in [2.05, 4.69) is 4.98 Å². The number of likely N-dealkylation sites (tertiary alicyclic amines) is 1. The number of ether oxygens (including phenoxy) is 1. The largest absolute Gasteiger partial charge is 0.481 e. The number of aromatic nitrogens is 1. The minimum atomic E-state index is -0.880. The van der Waals surface area contributed by atoms with Gasteiger partial charge in [-0.2, -0.15) is 0 Å². The molecular weight excluding hydrogens is 296 g/mol. The van der Waals surface area contributed by atoms with Crippen LogP contribution in [0.5, 0.6) is 0 Å². The van der Waals surface area contributed by atoms with Gasteiger partial charge in [0.15, 0.2) is 0 Å². The fraction of sp³-hybridized carbons (Fsp3) is 0.588. The zero-order chi connectivity index (χ0) is 16.7. The second kappa shape index (κ2) is 8.06. The maximum atomic E-state index is 12.4. The van der Waals surface area contributed by atoms with Gasteiger partial charge in [-0.05, 0) is 37.8 Å². The number of carboxylic acids is 1. The third-order valence-corrected chi connectivity index (χ3v) is 4.49. The Hall–Kier alpha value is -1.95. The van der Waals surface area contributed by atoms with E-state index in [1.165, 1.54) is 0 Å². The Bertz CT molecular complexity index is 535. The first-order chi connectivity index (χ1) is 11.1. The Morgan fingerprint density at radius 2 is 2.26 bits per heavy atom. The molecule has 0 aromatic carbocycles. The van der Waals surface area contributed by atoms with Gasteiger partial charge in [0.05, 0.1) is 5.41 Å². The average molecular weight is 320 g/mol. The van der Waals surface area contributed by atoms with Crippen molar-refractivity contribution in [3.8, 4) is 0 Å². The lowest BCUT2D eigenvalue weighted by Crippen LogP contribution is -2.50. The number of aryl methyl sites for hydroxylation is 1. The van der Waals surface area contributed by atoms with Gasteiger partial charge in [-0.15, -0.1) is 0 Å². The predicted molar refractivity (Wildman–Crippen MR) is 84.9 cm³/mol. The van der Waals surface area contributed by atoms with E-state index in [0.717, 1.165) is 5.69 Å². The molecule has 6 nitrogen and oxygen atoms in total. The molecule has 1 fully saturated rings. The molecule has 0 bridgehead atoms. The molecule has 0 radical (unpaired) electrons. The number of nitrogens with zero attached hydrogens (tertiary/aromatic N) is 2. The van der Waals surface area contributed by atoms with E-state index in [9.17, 15) is 14.7 Å². The maximum absolute atomic E-state index is 12.4. The quantitative estimate of drug-likeness (QED) is 0.828. The number of rotatable bonds is 7. The van der Waals surface area contributed by atoms with Crippen molar-refractivity contribution in [2.75, 3.05) is 26.8 Å². The van der Waals surface area contributed by atoms with Gasteiger partial charge < -0.3 is 14.7 Å². The van der Waals surface area contributed by atoms with Crippen LogP contribution in [0, 0.1) is 5.41 Å². The van der Waals surface area contributed by atoms with Crippen LogP contribution < -0.4 is 0 Å².